The lowest BCUT2D eigenvalue weighted by molar-refractivity contribution is -0.193. The van der Waals surface area contributed by atoms with Crippen LogP contribution in [0, 0.1) is 0 Å². The molecule has 6 rings (SSSR count). The van der Waals surface area contributed by atoms with Crippen molar-refractivity contribution in [2.75, 3.05) is 17.2 Å². The number of aromatic nitrogens is 6. The van der Waals surface area contributed by atoms with Gasteiger partial charge in [0, 0.05) is 12.2 Å². The summed E-state index contributed by atoms with van der Waals surface area (Å²) in [6.07, 6.45) is 5.39. The zero-order valence-corrected chi connectivity index (χ0v) is 20.6. The van der Waals surface area contributed by atoms with Gasteiger partial charge >= 0.3 is 0 Å². The van der Waals surface area contributed by atoms with Crippen molar-refractivity contribution >= 4 is 39.8 Å². The number of benzene rings is 1. The van der Waals surface area contributed by atoms with E-state index in [1.165, 1.54) is 6.33 Å². The zero-order valence-electron chi connectivity index (χ0n) is 19.8. The SMILES string of the molecule is CC1(C)OC2C(CSCCCCc3nc4ccccc4[nH]3)OC(n3cnc4c(N)ncnc43)C2O1. The second kappa shape index (κ2) is 9.05. The number of ether oxygens (including phenoxy) is 3. The van der Waals surface area contributed by atoms with Crippen LogP contribution in [0.2, 0.25) is 0 Å². The first-order chi connectivity index (χ1) is 17.0. The Morgan fingerprint density at radius 2 is 1.97 bits per heavy atom. The zero-order chi connectivity index (χ0) is 24.0. The lowest BCUT2D eigenvalue weighted by Gasteiger charge is -2.24. The average molecular weight is 496 g/mol. The van der Waals surface area contributed by atoms with Crippen molar-refractivity contribution < 1.29 is 14.2 Å². The number of anilines is 1. The topological polar surface area (TPSA) is 126 Å². The van der Waals surface area contributed by atoms with Crippen LogP contribution in [0.5, 0.6) is 0 Å². The third-order valence-electron chi connectivity index (χ3n) is 6.46. The van der Waals surface area contributed by atoms with Gasteiger partial charge in [0.15, 0.2) is 23.5 Å². The van der Waals surface area contributed by atoms with Crippen LogP contribution >= 0.6 is 11.8 Å². The van der Waals surface area contributed by atoms with E-state index in [-0.39, 0.29) is 24.5 Å². The molecule has 1 aromatic carbocycles. The van der Waals surface area contributed by atoms with E-state index in [0.29, 0.717) is 17.0 Å². The molecule has 4 unspecified atom stereocenters. The fourth-order valence-corrected chi connectivity index (χ4v) is 5.97. The normalized spacial score (nSPS) is 25.5. The van der Waals surface area contributed by atoms with Crippen molar-refractivity contribution in [3.05, 3.63) is 42.7 Å². The number of imidazole rings is 2. The van der Waals surface area contributed by atoms with E-state index in [4.69, 9.17) is 19.9 Å². The minimum atomic E-state index is -0.669. The first-order valence-electron chi connectivity index (χ1n) is 11.9. The number of hydrogen-bond acceptors (Lipinski definition) is 9. The van der Waals surface area contributed by atoms with Gasteiger partial charge in [-0.2, -0.15) is 11.8 Å². The Kier molecular flexibility index (Phi) is 5.87. The van der Waals surface area contributed by atoms with Crippen molar-refractivity contribution in [3.63, 3.8) is 0 Å². The number of para-hydroxylation sites is 2. The highest BCUT2D eigenvalue weighted by Gasteiger charge is 2.56. The minimum Gasteiger partial charge on any atom is -0.382 e. The van der Waals surface area contributed by atoms with Gasteiger partial charge in [0.1, 0.15) is 29.9 Å². The Morgan fingerprint density at radius 3 is 2.86 bits per heavy atom. The van der Waals surface area contributed by atoms with Crippen LogP contribution in [-0.2, 0) is 20.6 Å². The van der Waals surface area contributed by atoms with Gasteiger partial charge < -0.3 is 24.9 Å². The largest absolute Gasteiger partial charge is 0.382 e. The molecular formula is C24H29N7O3S. The van der Waals surface area contributed by atoms with Crippen molar-refractivity contribution in [1.82, 2.24) is 29.5 Å². The third kappa shape index (κ3) is 4.37. The summed E-state index contributed by atoms with van der Waals surface area (Å²) in [5.74, 6) is 2.60. The van der Waals surface area contributed by atoms with E-state index in [0.717, 1.165) is 47.6 Å². The molecule has 0 spiro atoms. The molecule has 11 heteroatoms. The number of rotatable bonds is 8. The highest BCUT2D eigenvalue weighted by molar-refractivity contribution is 7.99. The van der Waals surface area contributed by atoms with Crippen LogP contribution in [0.15, 0.2) is 36.9 Å². The summed E-state index contributed by atoms with van der Waals surface area (Å²) in [4.78, 5) is 20.9. The molecule has 184 valence electrons. The Labute approximate surface area is 207 Å². The quantitative estimate of drug-likeness (QED) is 0.353. The molecule has 0 bridgehead atoms. The van der Waals surface area contributed by atoms with E-state index in [9.17, 15) is 0 Å². The van der Waals surface area contributed by atoms with Gasteiger partial charge in [0.2, 0.25) is 0 Å². The van der Waals surface area contributed by atoms with Crippen LogP contribution < -0.4 is 5.73 Å². The standard InChI is InChI=1S/C24H29N7O3S/c1-24(2)33-19-16(11-35-10-6-5-9-17-29-14-7-3-4-8-15(14)30-17)32-23(20(19)34-24)31-13-28-18-21(25)26-12-27-22(18)31/h3-4,7-8,12-13,16,19-20,23H,5-6,9-11H2,1-2H3,(H,29,30)(H2,25,26,27). The molecule has 2 fully saturated rings. The Morgan fingerprint density at radius 1 is 1.11 bits per heavy atom. The molecule has 0 radical (unpaired) electrons. The van der Waals surface area contributed by atoms with Crippen LogP contribution in [-0.4, -0.2) is 65.1 Å². The molecule has 3 aromatic heterocycles. The predicted octanol–water partition coefficient (Wildman–Crippen LogP) is 3.46. The lowest BCUT2D eigenvalue weighted by atomic mass is 10.1. The molecule has 10 nitrogen and oxygen atoms in total. The second-order valence-corrected chi connectivity index (χ2v) is 10.6. The van der Waals surface area contributed by atoms with Crippen LogP contribution in [0.25, 0.3) is 22.2 Å². The highest BCUT2D eigenvalue weighted by Crippen LogP contribution is 2.44. The molecule has 3 N–H and O–H groups in total. The molecular weight excluding hydrogens is 466 g/mol. The van der Waals surface area contributed by atoms with Crippen molar-refractivity contribution in [2.24, 2.45) is 0 Å². The summed E-state index contributed by atoms with van der Waals surface area (Å²) in [5.41, 5.74) is 9.30. The van der Waals surface area contributed by atoms with Gasteiger partial charge in [-0.25, -0.2) is 19.9 Å². The van der Waals surface area contributed by atoms with Crippen LogP contribution in [0.3, 0.4) is 0 Å². The lowest BCUT2D eigenvalue weighted by Crippen LogP contribution is -2.31. The summed E-state index contributed by atoms with van der Waals surface area (Å²) in [5, 5.41) is 0. The maximum atomic E-state index is 6.46. The minimum absolute atomic E-state index is 0.0937. The fraction of sp³-hybridized carbons (Fsp3) is 0.500. The molecule has 2 aliphatic heterocycles. The van der Waals surface area contributed by atoms with Crippen molar-refractivity contribution in [1.29, 1.82) is 0 Å². The summed E-state index contributed by atoms with van der Waals surface area (Å²) in [7, 11) is 0. The predicted molar refractivity (Wildman–Crippen MR) is 134 cm³/mol. The smallest absolute Gasteiger partial charge is 0.167 e. The second-order valence-electron chi connectivity index (χ2n) is 9.45. The molecule has 4 aromatic rings. The Balaban J connectivity index is 1.06. The molecule has 0 amide bonds. The number of unbranched alkanes of at least 4 members (excludes halogenated alkanes) is 1. The number of nitrogen functional groups attached to an aromatic ring is 1. The number of aromatic amines is 1. The van der Waals surface area contributed by atoms with Crippen molar-refractivity contribution in [2.45, 2.75) is 63.4 Å². The number of fused-ring (bicyclic) bond motifs is 3. The molecule has 2 saturated heterocycles. The van der Waals surface area contributed by atoms with Gasteiger partial charge in [-0.15, -0.1) is 0 Å². The first-order valence-corrected chi connectivity index (χ1v) is 13.1. The molecule has 4 atom stereocenters. The number of hydrogen-bond donors (Lipinski definition) is 2. The number of thioether (sulfide) groups is 1. The summed E-state index contributed by atoms with van der Waals surface area (Å²) in [6.45, 7) is 3.88. The van der Waals surface area contributed by atoms with E-state index in [2.05, 4.69) is 31.0 Å². The number of nitrogens with one attached hydrogen (secondary N) is 1. The Hall–Kier alpha value is -2.73. The molecule has 35 heavy (non-hydrogen) atoms. The van der Waals surface area contributed by atoms with Gasteiger partial charge in [-0.05, 0) is 44.6 Å². The van der Waals surface area contributed by atoms with E-state index >= 15 is 0 Å². The summed E-state index contributed by atoms with van der Waals surface area (Å²) < 4.78 is 20.8. The van der Waals surface area contributed by atoms with E-state index in [1.54, 1.807) is 6.33 Å². The fourth-order valence-electron chi connectivity index (χ4n) is 4.89. The first kappa shape index (κ1) is 22.7. The van der Waals surface area contributed by atoms with Gasteiger partial charge in [0.05, 0.1) is 23.5 Å². The van der Waals surface area contributed by atoms with Gasteiger partial charge in [-0.3, -0.25) is 4.57 Å². The van der Waals surface area contributed by atoms with Crippen LogP contribution in [0.4, 0.5) is 5.82 Å². The van der Waals surface area contributed by atoms with Crippen LogP contribution in [0.1, 0.15) is 38.7 Å². The van der Waals surface area contributed by atoms with Gasteiger partial charge in [0.25, 0.3) is 0 Å². The molecule has 2 aliphatic rings. The number of nitrogens with two attached hydrogens (primary N) is 1. The summed E-state index contributed by atoms with van der Waals surface area (Å²) in [6, 6.07) is 8.15. The molecule has 0 saturated carbocycles. The summed E-state index contributed by atoms with van der Waals surface area (Å²) >= 11 is 1.88. The van der Waals surface area contributed by atoms with Gasteiger partial charge in [-0.1, -0.05) is 12.1 Å². The monoisotopic (exact) mass is 495 g/mol. The number of nitrogens with zero attached hydrogens (tertiary/aromatic N) is 5. The molecule has 5 heterocycles. The Bertz CT molecular complexity index is 1310. The molecule has 0 aliphatic carbocycles. The van der Waals surface area contributed by atoms with E-state index in [1.807, 2.05) is 48.4 Å². The average Bonchev–Trinajstić information content (AvgIpc) is 3.58. The highest BCUT2D eigenvalue weighted by atomic mass is 32.2. The third-order valence-corrected chi connectivity index (χ3v) is 7.60. The van der Waals surface area contributed by atoms with Crippen molar-refractivity contribution in [3.8, 4) is 0 Å². The number of H-pyrrole nitrogens is 1. The maximum absolute atomic E-state index is 6.46. The van der Waals surface area contributed by atoms with E-state index < -0.39 is 5.79 Å². The number of aryl methyl sites for hydroxylation is 1. The maximum Gasteiger partial charge on any atom is 0.167 e.